The summed E-state index contributed by atoms with van der Waals surface area (Å²) in [6.45, 7) is 14.7. The minimum Gasteiger partial charge on any atom is -0.361 e. The van der Waals surface area contributed by atoms with Crippen molar-refractivity contribution >= 4 is 29.4 Å². The smallest absolute Gasteiger partial charge is 0.243 e. The summed E-state index contributed by atoms with van der Waals surface area (Å²) >= 11 is 0. The van der Waals surface area contributed by atoms with E-state index >= 15 is 0 Å². The molecule has 2 aromatic rings. The Bertz CT molecular complexity index is 1540. The summed E-state index contributed by atoms with van der Waals surface area (Å²) in [5, 5.41) is 11.8. The van der Waals surface area contributed by atoms with Crippen molar-refractivity contribution in [1.29, 1.82) is 0 Å². The fourth-order valence-corrected chi connectivity index (χ4v) is 6.93. The van der Waals surface area contributed by atoms with Crippen LogP contribution in [0.2, 0.25) is 0 Å². The molecule has 2 saturated heterocycles. The molecule has 0 spiro atoms. The monoisotopic (exact) mass is 760 g/mol. The van der Waals surface area contributed by atoms with Crippen molar-refractivity contribution in [3.63, 3.8) is 0 Å². The van der Waals surface area contributed by atoms with Crippen LogP contribution in [0.3, 0.4) is 0 Å². The summed E-state index contributed by atoms with van der Waals surface area (Å²) < 4.78 is 5.42. The number of ketones is 1. The molecule has 12 nitrogen and oxygen atoms in total. The Hall–Kier alpha value is -4.13. The van der Waals surface area contributed by atoms with Gasteiger partial charge in [-0.15, -0.1) is 0 Å². The number of Topliss-reactive ketones (excluding diaryl/α,β-unsaturated/α-hetero) is 1. The Kier molecular flexibility index (Phi) is 16.8. The first-order chi connectivity index (χ1) is 26.2. The molecule has 5 atom stereocenters. The van der Waals surface area contributed by atoms with Crippen LogP contribution in [0, 0.1) is 11.8 Å². The highest BCUT2D eigenvalue weighted by Gasteiger charge is 2.50. The lowest BCUT2D eigenvalue weighted by Crippen LogP contribution is -2.59. The van der Waals surface area contributed by atoms with Gasteiger partial charge in [0.25, 0.3) is 0 Å². The summed E-state index contributed by atoms with van der Waals surface area (Å²) in [6, 6.07) is 15.5. The molecule has 2 aliphatic heterocycles. The third-order valence-corrected chi connectivity index (χ3v) is 10.4. The molecule has 2 heterocycles. The van der Waals surface area contributed by atoms with Gasteiger partial charge in [0.1, 0.15) is 23.7 Å². The van der Waals surface area contributed by atoms with E-state index in [1.54, 1.807) is 6.92 Å². The molecule has 0 radical (unpaired) electrons. The Labute approximate surface area is 327 Å². The van der Waals surface area contributed by atoms with E-state index < -0.39 is 47.5 Å². The molecule has 0 bridgehead atoms. The van der Waals surface area contributed by atoms with Gasteiger partial charge in [-0.25, -0.2) is 0 Å². The Morgan fingerprint density at radius 2 is 1.20 bits per heavy atom. The zero-order valence-electron chi connectivity index (χ0n) is 33.8. The van der Waals surface area contributed by atoms with Crippen molar-refractivity contribution in [3.05, 3.63) is 71.8 Å². The molecule has 2 aromatic carbocycles. The second kappa shape index (κ2) is 21.2. The first-order valence-corrected chi connectivity index (χ1v) is 20.1. The fraction of sp³-hybridized carbons (Fsp3) is 0.605. The van der Waals surface area contributed by atoms with Crippen molar-refractivity contribution in [1.82, 2.24) is 31.1 Å². The molecular formula is C43H64N6O6. The predicted molar refractivity (Wildman–Crippen MR) is 214 cm³/mol. The third kappa shape index (κ3) is 14.8. The Morgan fingerprint density at radius 1 is 0.691 bits per heavy atom. The van der Waals surface area contributed by atoms with Crippen molar-refractivity contribution in [2.45, 2.75) is 109 Å². The molecule has 4 amide bonds. The zero-order valence-corrected chi connectivity index (χ0v) is 33.8. The Morgan fingerprint density at radius 3 is 1.78 bits per heavy atom. The molecule has 2 fully saturated rings. The highest BCUT2D eigenvalue weighted by atomic mass is 16.6. The molecule has 12 heteroatoms. The van der Waals surface area contributed by atoms with E-state index in [1.165, 1.54) is 0 Å². The maximum absolute atomic E-state index is 14.1. The first-order valence-electron chi connectivity index (χ1n) is 20.1. The number of nitrogens with one attached hydrogen (secondary N) is 4. The number of amides is 4. The number of aryl methyl sites for hydroxylation is 1. The van der Waals surface area contributed by atoms with Gasteiger partial charge in [-0.3, -0.25) is 24.0 Å². The number of carbonyl (C=O) groups excluding carboxylic acids is 5. The number of epoxide rings is 1. The minimum absolute atomic E-state index is 0.0247. The van der Waals surface area contributed by atoms with Gasteiger partial charge in [-0.2, -0.15) is 0 Å². The molecule has 0 aromatic heterocycles. The number of rotatable bonds is 22. The van der Waals surface area contributed by atoms with E-state index in [9.17, 15) is 24.0 Å². The largest absolute Gasteiger partial charge is 0.361 e. The van der Waals surface area contributed by atoms with Crippen molar-refractivity contribution in [2.24, 2.45) is 11.8 Å². The number of piperazine rings is 1. The van der Waals surface area contributed by atoms with Crippen LogP contribution in [0.25, 0.3) is 0 Å². The second-order valence-electron chi connectivity index (χ2n) is 16.4. The van der Waals surface area contributed by atoms with Crippen LogP contribution in [0.4, 0.5) is 0 Å². The van der Waals surface area contributed by atoms with Gasteiger partial charge in [-0.05, 0) is 75.6 Å². The van der Waals surface area contributed by atoms with Crippen LogP contribution in [0.5, 0.6) is 0 Å². The molecule has 0 saturated carbocycles. The maximum Gasteiger partial charge on any atom is 0.243 e. The van der Waals surface area contributed by atoms with Crippen LogP contribution < -0.4 is 21.3 Å². The number of ether oxygens (including phenoxy) is 1. The predicted octanol–water partition coefficient (Wildman–Crippen LogP) is 3.28. The van der Waals surface area contributed by atoms with E-state index in [1.807, 2.05) is 88.4 Å². The van der Waals surface area contributed by atoms with E-state index in [2.05, 4.69) is 38.1 Å². The van der Waals surface area contributed by atoms with E-state index in [4.69, 9.17) is 4.74 Å². The molecular weight excluding hydrogens is 697 g/mol. The Balaban J connectivity index is 1.47. The number of carbonyl (C=O) groups is 5. The van der Waals surface area contributed by atoms with Gasteiger partial charge in [0, 0.05) is 39.0 Å². The number of likely N-dealkylation sites (N-methyl/N-ethyl adjacent to an activating group) is 1. The lowest BCUT2D eigenvalue weighted by Gasteiger charge is -2.32. The zero-order chi connectivity index (χ0) is 40.0. The molecule has 4 N–H and O–H groups in total. The summed E-state index contributed by atoms with van der Waals surface area (Å²) in [5.41, 5.74) is 0.939. The van der Waals surface area contributed by atoms with Crippen LogP contribution in [-0.4, -0.2) is 115 Å². The fourth-order valence-electron chi connectivity index (χ4n) is 6.93. The number of hydrogen-bond donors (Lipinski definition) is 4. The van der Waals surface area contributed by atoms with E-state index in [-0.39, 0.29) is 29.9 Å². The van der Waals surface area contributed by atoms with Gasteiger partial charge >= 0.3 is 0 Å². The minimum atomic E-state index is -1.02. The highest BCUT2D eigenvalue weighted by molar-refractivity contribution is 5.98. The maximum atomic E-state index is 14.1. The lowest BCUT2D eigenvalue weighted by atomic mass is 9.93. The van der Waals surface area contributed by atoms with Crippen molar-refractivity contribution in [3.8, 4) is 0 Å². The topological polar surface area (TPSA) is 152 Å². The number of hydrogen-bond acceptors (Lipinski definition) is 8. The standard InChI is InChI=1S/C43H64N6O6/c1-30(2)26-35(39(51)43(5)29-55-43)45-42(54)37(28-33-16-11-8-12-17-33)47-41(53)36(27-31(3)4)46-40(52)34(20-19-32-14-9-7-10-15-32)44-38(50)18-13-21-49-24-22-48(6)23-25-49/h7-12,14-17,30-31,34-37H,13,18-29H2,1-6H3,(H,44,50)(H,45,54)(H,46,52)(H,47,53)/t34-,35?,36?,37-,43?/m0/s1. The van der Waals surface area contributed by atoms with E-state index in [0.717, 1.165) is 43.9 Å². The van der Waals surface area contributed by atoms with Crippen LogP contribution in [-0.2, 0) is 41.6 Å². The molecule has 3 unspecified atom stereocenters. The average Bonchev–Trinajstić information content (AvgIpc) is 3.91. The van der Waals surface area contributed by atoms with Crippen molar-refractivity contribution < 1.29 is 28.7 Å². The quantitative estimate of drug-likeness (QED) is 0.134. The van der Waals surface area contributed by atoms with Crippen LogP contribution in [0.1, 0.15) is 77.8 Å². The van der Waals surface area contributed by atoms with Crippen LogP contribution >= 0.6 is 0 Å². The SMILES string of the molecule is CC(C)CC(NC(=O)[C@H](CCc1ccccc1)NC(=O)CCCN1CCN(C)CC1)C(=O)N[C@@H](Cc1ccccc1)C(=O)NC(CC(C)C)C(=O)C1(C)CO1. The number of nitrogens with zero attached hydrogens (tertiary/aromatic N) is 2. The molecule has 55 heavy (non-hydrogen) atoms. The molecule has 2 aliphatic rings. The van der Waals surface area contributed by atoms with Crippen LogP contribution in [0.15, 0.2) is 60.7 Å². The van der Waals surface area contributed by atoms with Gasteiger partial charge in [-0.1, -0.05) is 88.4 Å². The number of benzene rings is 2. The average molecular weight is 761 g/mol. The van der Waals surface area contributed by atoms with Gasteiger partial charge in [0.05, 0.1) is 12.6 Å². The summed E-state index contributed by atoms with van der Waals surface area (Å²) in [4.78, 5) is 73.4. The molecule has 4 rings (SSSR count). The second-order valence-corrected chi connectivity index (χ2v) is 16.4. The van der Waals surface area contributed by atoms with Gasteiger partial charge in [0.15, 0.2) is 5.78 Å². The van der Waals surface area contributed by atoms with Gasteiger partial charge in [0.2, 0.25) is 23.6 Å². The highest BCUT2D eigenvalue weighted by Crippen LogP contribution is 2.29. The third-order valence-electron chi connectivity index (χ3n) is 10.4. The van der Waals surface area contributed by atoms with E-state index in [0.29, 0.717) is 45.1 Å². The van der Waals surface area contributed by atoms with Gasteiger partial charge < -0.3 is 35.8 Å². The summed E-state index contributed by atoms with van der Waals surface area (Å²) in [5.74, 6) is -1.70. The normalized spacial score (nSPS) is 19.6. The van der Waals surface area contributed by atoms with Crippen molar-refractivity contribution in [2.75, 3.05) is 46.4 Å². The summed E-state index contributed by atoms with van der Waals surface area (Å²) in [7, 11) is 2.11. The molecule has 0 aliphatic carbocycles. The lowest BCUT2D eigenvalue weighted by molar-refractivity contribution is -0.135. The first kappa shape index (κ1) is 43.6. The molecule has 302 valence electrons. The summed E-state index contributed by atoms with van der Waals surface area (Å²) in [6.07, 6.45) is 2.80.